The van der Waals surface area contributed by atoms with Crippen molar-refractivity contribution in [3.8, 4) is 0 Å². The summed E-state index contributed by atoms with van der Waals surface area (Å²) in [5.41, 5.74) is 1.67. The van der Waals surface area contributed by atoms with E-state index < -0.39 is 5.97 Å². The zero-order valence-electron chi connectivity index (χ0n) is 13.4. The van der Waals surface area contributed by atoms with Gasteiger partial charge in [0.15, 0.2) is 0 Å². The number of carbonyl (C=O) groups excluding carboxylic acids is 1. The fourth-order valence-electron chi connectivity index (χ4n) is 3.94. The van der Waals surface area contributed by atoms with Gasteiger partial charge in [0.25, 0.3) is 5.91 Å². The first-order valence-electron chi connectivity index (χ1n) is 8.12. The van der Waals surface area contributed by atoms with Gasteiger partial charge in [0.1, 0.15) is 0 Å². The molecule has 1 aromatic heterocycles. The predicted octanol–water partition coefficient (Wildman–Crippen LogP) is 1.19. The molecule has 7 nitrogen and oxygen atoms in total. The molecule has 1 unspecified atom stereocenters. The molecule has 1 aliphatic heterocycles. The summed E-state index contributed by atoms with van der Waals surface area (Å²) in [4.78, 5) is 40.0. The van der Waals surface area contributed by atoms with E-state index >= 15 is 0 Å². The van der Waals surface area contributed by atoms with Gasteiger partial charge in [-0.3, -0.25) is 14.2 Å². The molecule has 2 N–H and O–H groups in total. The summed E-state index contributed by atoms with van der Waals surface area (Å²) in [6, 6.07) is 5.20. The summed E-state index contributed by atoms with van der Waals surface area (Å²) >= 11 is 0. The van der Waals surface area contributed by atoms with Gasteiger partial charge in [-0.25, -0.2) is 4.79 Å². The number of nitrogens with one attached hydrogen (secondary N) is 1. The summed E-state index contributed by atoms with van der Waals surface area (Å²) < 4.78 is 1.49. The molecule has 1 spiro atoms. The van der Waals surface area contributed by atoms with Crippen molar-refractivity contribution in [2.75, 3.05) is 13.1 Å². The molecular formula is C17H19N3O4. The summed E-state index contributed by atoms with van der Waals surface area (Å²) in [6.45, 7) is 1.18. The van der Waals surface area contributed by atoms with E-state index in [4.69, 9.17) is 5.11 Å². The molecular weight excluding hydrogens is 310 g/mol. The number of aromatic nitrogens is 2. The fourth-order valence-corrected chi connectivity index (χ4v) is 3.94. The van der Waals surface area contributed by atoms with Gasteiger partial charge in [0.05, 0.1) is 17.0 Å². The van der Waals surface area contributed by atoms with Gasteiger partial charge < -0.3 is 15.0 Å². The summed E-state index contributed by atoms with van der Waals surface area (Å²) in [6.07, 6.45) is 2.24. The van der Waals surface area contributed by atoms with Crippen molar-refractivity contribution in [3.05, 3.63) is 34.2 Å². The van der Waals surface area contributed by atoms with Gasteiger partial charge in [-0.1, -0.05) is 0 Å². The van der Waals surface area contributed by atoms with Gasteiger partial charge in [0.2, 0.25) is 0 Å². The number of piperidine rings is 1. The van der Waals surface area contributed by atoms with E-state index in [1.54, 1.807) is 30.1 Å². The number of fused-ring (bicyclic) bond motifs is 1. The van der Waals surface area contributed by atoms with Crippen molar-refractivity contribution in [3.63, 3.8) is 0 Å². The highest BCUT2D eigenvalue weighted by Gasteiger charge is 2.59. The number of amides is 1. The first kappa shape index (κ1) is 15.0. The number of hydrogen-bond donors (Lipinski definition) is 2. The van der Waals surface area contributed by atoms with Crippen molar-refractivity contribution in [1.29, 1.82) is 0 Å². The zero-order chi connectivity index (χ0) is 17.1. The minimum atomic E-state index is -0.714. The molecule has 1 aromatic carbocycles. The minimum absolute atomic E-state index is 0.0621. The second-order valence-electron chi connectivity index (χ2n) is 6.97. The van der Waals surface area contributed by atoms with E-state index in [1.165, 1.54) is 4.57 Å². The number of aryl methyl sites for hydroxylation is 1. The summed E-state index contributed by atoms with van der Waals surface area (Å²) in [5.74, 6) is -1.01. The molecule has 1 atom stereocenters. The van der Waals surface area contributed by atoms with Crippen LogP contribution in [0.3, 0.4) is 0 Å². The Labute approximate surface area is 137 Å². The van der Waals surface area contributed by atoms with Crippen LogP contribution in [0.2, 0.25) is 0 Å². The fraction of sp³-hybridized carbons (Fsp3) is 0.471. The molecule has 1 amide bonds. The molecule has 7 heteroatoms. The highest BCUT2D eigenvalue weighted by Crippen LogP contribution is 2.59. The maximum Gasteiger partial charge on any atom is 0.326 e. The van der Waals surface area contributed by atoms with Crippen LogP contribution in [-0.2, 0) is 11.8 Å². The van der Waals surface area contributed by atoms with Gasteiger partial charge in [0, 0.05) is 25.7 Å². The van der Waals surface area contributed by atoms with Crippen LogP contribution in [0.4, 0.5) is 0 Å². The second kappa shape index (κ2) is 4.96. The Hall–Kier alpha value is -2.57. The average Bonchev–Trinajstić information content (AvgIpc) is 3.20. The summed E-state index contributed by atoms with van der Waals surface area (Å²) in [5, 5.41) is 9.14. The molecule has 126 valence electrons. The number of aliphatic carboxylic acids is 1. The van der Waals surface area contributed by atoms with E-state index in [1.807, 2.05) is 0 Å². The van der Waals surface area contributed by atoms with Crippen LogP contribution in [-0.4, -0.2) is 44.5 Å². The van der Waals surface area contributed by atoms with E-state index in [0.717, 1.165) is 19.3 Å². The lowest BCUT2D eigenvalue weighted by molar-refractivity contribution is -0.139. The van der Waals surface area contributed by atoms with Crippen LogP contribution in [0.15, 0.2) is 23.0 Å². The number of hydrogen-bond acceptors (Lipinski definition) is 3. The second-order valence-corrected chi connectivity index (χ2v) is 6.97. The maximum atomic E-state index is 12.7. The third-order valence-electron chi connectivity index (χ3n) is 5.69. The molecule has 1 saturated carbocycles. The molecule has 0 bridgehead atoms. The zero-order valence-corrected chi connectivity index (χ0v) is 13.4. The van der Waals surface area contributed by atoms with Crippen LogP contribution >= 0.6 is 0 Å². The smallest absolute Gasteiger partial charge is 0.326 e. The maximum absolute atomic E-state index is 12.7. The van der Waals surface area contributed by atoms with Crippen molar-refractivity contribution in [2.24, 2.45) is 18.4 Å². The Morgan fingerprint density at radius 1 is 1.29 bits per heavy atom. The molecule has 2 aliphatic rings. The quantitative estimate of drug-likeness (QED) is 0.865. The summed E-state index contributed by atoms with van der Waals surface area (Å²) in [7, 11) is 1.67. The third kappa shape index (κ3) is 2.15. The molecule has 4 rings (SSSR count). The Bertz CT molecular complexity index is 902. The number of carboxylic acids is 1. The first-order valence-corrected chi connectivity index (χ1v) is 8.12. The van der Waals surface area contributed by atoms with E-state index in [0.29, 0.717) is 29.7 Å². The lowest BCUT2D eigenvalue weighted by Crippen LogP contribution is -2.40. The van der Waals surface area contributed by atoms with E-state index in [2.05, 4.69) is 4.98 Å². The van der Waals surface area contributed by atoms with Crippen LogP contribution in [0, 0.1) is 11.3 Å². The number of likely N-dealkylation sites (tertiary alicyclic amines) is 1. The number of benzene rings is 1. The number of aromatic amines is 1. The number of H-pyrrole nitrogens is 1. The van der Waals surface area contributed by atoms with Crippen molar-refractivity contribution in [1.82, 2.24) is 14.5 Å². The van der Waals surface area contributed by atoms with Crippen LogP contribution < -0.4 is 5.69 Å². The normalized spacial score (nSPS) is 22.0. The van der Waals surface area contributed by atoms with Crippen LogP contribution in [0.1, 0.15) is 29.6 Å². The number of rotatable bonds is 2. The SMILES string of the molecule is Cn1c(=O)[nH]c2ccc(C(=O)N3CCC4(CC3)CC4C(=O)O)cc21. The Morgan fingerprint density at radius 3 is 2.62 bits per heavy atom. The van der Waals surface area contributed by atoms with Gasteiger partial charge >= 0.3 is 11.7 Å². The topological polar surface area (TPSA) is 95.4 Å². The van der Waals surface area contributed by atoms with Crippen LogP contribution in [0.25, 0.3) is 11.0 Å². The molecule has 0 radical (unpaired) electrons. The van der Waals surface area contributed by atoms with Crippen molar-refractivity contribution >= 4 is 22.9 Å². The molecule has 1 aliphatic carbocycles. The van der Waals surface area contributed by atoms with Gasteiger partial charge in [-0.15, -0.1) is 0 Å². The molecule has 2 aromatic rings. The molecule has 1 saturated heterocycles. The lowest BCUT2D eigenvalue weighted by Gasteiger charge is -2.32. The standard InChI is InChI=1S/C17H19N3O4/c1-19-13-8-10(2-3-12(13)18-16(19)24)14(21)20-6-4-17(5-7-20)9-11(17)15(22)23/h2-3,8,11H,4-7,9H2,1H3,(H,18,24)(H,22,23). The molecule has 2 fully saturated rings. The molecule has 2 heterocycles. The monoisotopic (exact) mass is 329 g/mol. The number of nitrogens with zero attached hydrogens (tertiary/aromatic N) is 2. The average molecular weight is 329 g/mol. The minimum Gasteiger partial charge on any atom is -0.481 e. The Balaban J connectivity index is 1.52. The lowest BCUT2D eigenvalue weighted by atomic mass is 9.90. The largest absolute Gasteiger partial charge is 0.481 e. The predicted molar refractivity (Wildman–Crippen MR) is 86.9 cm³/mol. The number of carboxylic acid groups (broad SMARTS) is 1. The number of carbonyl (C=O) groups is 2. The Morgan fingerprint density at radius 2 is 2.00 bits per heavy atom. The number of imidazole rings is 1. The third-order valence-corrected chi connectivity index (χ3v) is 5.69. The van der Waals surface area contributed by atoms with E-state index in [-0.39, 0.29) is 22.9 Å². The first-order chi connectivity index (χ1) is 11.4. The highest BCUT2D eigenvalue weighted by atomic mass is 16.4. The highest BCUT2D eigenvalue weighted by molar-refractivity contribution is 5.97. The van der Waals surface area contributed by atoms with Gasteiger partial charge in [-0.05, 0) is 42.9 Å². The molecule has 24 heavy (non-hydrogen) atoms. The Kier molecular flexibility index (Phi) is 3.10. The van der Waals surface area contributed by atoms with E-state index in [9.17, 15) is 14.4 Å². The van der Waals surface area contributed by atoms with Crippen molar-refractivity contribution in [2.45, 2.75) is 19.3 Å². The van der Waals surface area contributed by atoms with Crippen molar-refractivity contribution < 1.29 is 14.7 Å². The van der Waals surface area contributed by atoms with Crippen LogP contribution in [0.5, 0.6) is 0 Å². The van der Waals surface area contributed by atoms with Gasteiger partial charge in [-0.2, -0.15) is 0 Å².